The van der Waals surface area contributed by atoms with E-state index in [-0.39, 0.29) is 17.9 Å². The first-order valence-electron chi connectivity index (χ1n) is 7.35. The molecular weight excluding hydrogens is 236 g/mol. The summed E-state index contributed by atoms with van der Waals surface area (Å²) in [6, 6.07) is 11.0. The maximum atomic E-state index is 12.2. The van der Waals surface area contributed by atoms with E-state index in [1.807, 2.05) is 6.07 Å². The van der Waals surface area contributed by atoms with E-state index in [9.17, 15) is 4.79 Å². The summed E-state index contributed by atoms with van der Waals surface area (Å²) in [7, 11) is 0. The fourth-order valence-electron chi connectivity index (χ4n) is 3.19. The number of hydrogen-bond donors (Lipinski definition) is 2. The summed E-state index contributed by atoms with van der Waals surface area (Å²) in [5.41, 5.74) is 7.29. The Bertz CT molecular complexity index is 445. The molecule has 0 aliphatic heterocycles. The van der Waals surface area contributed by atoms with Crippen LogP contribution in [0.15, 0.2) is 30.3 Å². The molecule has 0 spiro atoms. The van der Waals surface area contributed by atoms with Crippen molar-refractivity contribution in [3.63, 3.8) is 0 Å². The molecule has 1 aromatic carbocycles. The van der Waals surface area contributed by atoms with Crippen molar-refractivity contribution in [2.45, 2.75) is 50.1 Å². The average Bonchev–Trinajstić information content (AvgIpc) is 3.19. The normalized spacial score (nSPS) is 33.7. The molecule has 3 heteroatoms. The lowest BCUT2D eigenvalue weighted by Crippen LogP contribution is -2.38. The zero-order chi connectivity index (χ0) is 13.2. The first-order valence-corrected chi connectivity index (χ1v) is 7.35. The molecule has 0 heterocycles. The van der Waals surface area contributed by atoms with Gasteiger partial charge in [0.1, 0.15) is 0 Å². The van der Waals surface area contributed by atoms with E-state index in [1.165, 1.54) is 5.56 Å². The number of carbonyl (C=O) groups is 1. The first kappa shape index (κ1) is 12.7. The van der Waals surface area contributed by atoms with Crippen molar-refractivity contribution in [3.05, 3.63) is 35.9 Å². The molecule has 2 saturated carbocycles. The molecule has 3 nitrogen and oxygen atoms in total. The van der Waals surface area contributed by atoms with E-state index in [0.717, 1.165) is 32.1 Å². The zero-order valence-corrected chi connectivity index (χ0v) is 11.2. The van der Waals surface area contributed by atoms with Crippen LogP contribution in [0.5, 0.6) is 0 Å². The summed E-state index contributed by atoms with van der Waals surface area (Å²) in [4.78, 5) is 12.2. The van der Waals surface area contributed by atoms with E-state index in [4.69, 9.17) is 5.73 Å². The van der Waals surface area contributed by atoms with Crippen LogP contribution in [0.1, 0.15) is 43.6 Å². The number of rotatable bonds is 3. The van der Waals surface area contributed by atoms with E-state index in [2.05, 4.69) is 29.6 Å². The molecule has 19 heavy (non-hydrogen) atoms. The second-order valence-corrected chi connectivity index (χ2v) is 5.99. The third-order valence-corrected chi connectivity index (χ3v) is 4.43. The summed E-state index contributed by atoms with van der Waals surface area (Å²) in [6.07, 6.45) is 5.09. The molecule has 0 radical (unpaired) electrons. The van der Waals surface area contributed by atoms with Gasteiger partial charge in [0, 0.05) is 23.9 Å². The van der Waals surface area contributed by atoms with Crippen LogP contribution in [-0.4, -0.2) is 18.0 Å². The maximum Gasteiger partial charge on any atom is 0.223 e. The Balaban J connectivity index is 1.52. The predicted octanol–water partition coefficient (Wildman–Crippen LogP) is 2.18. The van der Waals surface area contributed by atoms with Gasteiger partial charge in [-0.2, -0.15) is 0 Å². The molecule has 0 aromatic heterocycles. The summed E-state index contributed by atoms with van der Waals surface area (Å²) < 4.78 is 0. The van der Waals surface area contributed by atoms with Crippen LogP contribution in [0.25, 0.3) is 0 Å². The van der Waals surface area contributed by atoms with Crippen molar-refractivity contribution < 1.29 is 4.79 Å². The van der Waals surface area contributed by atoms with Crippen LogP contribution in [0, 0.1) is 5.92 Å². The highest BCUT2D eigenvalue weighted by Gasteiger charge is 2.40. The summed E-state index contributed by atoms with van der Waals surface area (Å²) >= 11 is 0. The molecule has 0 saturated heterocycles. The van der Waals surface area contributed by atoms with Crippen LogP contribution in [-0.2, 0) is 4.79 Å². The standard InChI is InChI=1S/C16H22N2O/c17-13-8-4-7-12(9-13)16(19)18-15-10-14(15)11-5-2-1-3-6-11/h1-3,5-6,12-15H,4,7-10,17H2,(H,18,19). The van der Waals surface area contributed by atoms with Crippen molar-refractivity contribution in [1.29, 1.82) is 0 Å². The maximum absolute atomic E-state index is 12.2. The third-order valence-electron chi connectivity index (χ3n) is 4.43. The molecule has 2 aliphatic rings. The Kier molecular flexibility index (Phi) is 3.56. The van der Waals surface area contributed by atoms with Gasteiger partial charge < -0.3 is 11.1 Å². The molecule has 0 bridgehead atoms. The molecular formula is C16H22N2O. The third kappa shape index (κ3) is 2.98. The molecule has 1 amide bonds. The van der Waals surface area contributed by atoms with Gasteiger partial charge in [-0.25, -0.2) is 0 Å². The van der Waals surface area contributed by atoms with Crippen molar-refractivity contribution >= 4 is 5.91 Å². The Hall–Kier alpha value is -1.35. The Morgan fingerprint density at radius 2 is 1.95 bits per heavy atom. The molecule has 102 valence electrons. The first-order chi connectivity index (χ1) is 9.24. The largest absolute Gasteiger partial charge is 0.352 e. The molecule has 2 fully saturated rings. The van der Waals surface area contributed by atoms with E-state index < -0.39 is 0 Å². The highest BCUT2D eigenvalue weighted by molar-refractivity contribution is 5.79. The van der Waals surface area contributed by atoms with Gasteiger partial charge in [-0.3, -0.25) is 4.79 Å². The van der Waals surface area contributed by atoms with Gasteiger partial charge in [0.05, 0.1) is 0 Å². The highest BCUT2D eigenvalue weighted by atomic mass is 16.2. The predicted molar refractivity (Wildman–Crippen MR) is 75.7 cm³/mol. The number of carbonyl (C=O) groups excluding carboxylic acids is 1. The van der Waals surface area contributed by atoms with Crippen molar-refractivity contribution in [2.24, 2.45) is 11.7 Å². The molecule has 3 N–H and O–H groups in total. The average molecular weight is 258 g/mol. The van der Waals surface area contributed by atoms with Crippen LogP contribution in [0.4, 0.5) is 0 Å². The lowest BCUT2D eigenvalue weighted by molar-refractivity contribution is -0.126. The van der Waals surface area contributed by atoms with Gasteiger partial charge in [0.2, 0.25) is 5.91 Å². The number of nitrogens with one attached hydrogen (secondary N) is 1. The van der Waals surface area contributed by atoms with E-state index in [1.54, 1.807) is 0 Å². The van der Waals surface area contributed by atoms with Crippen molar-refractivity contribution in [1.82, 2.24) is 5.32 Å². The van der Waals surface area contributed by atoms with Crippen LogP contribution in [0.2, 0.25) is 0 Å². The Morgan fingerprint density at radius 1 is 1.16 bits per heavy atom. The SMILES string of the molecule is NC1CCCC(C(=O)NC2CC2c2ccccc2)C1. The van der Waals surface area contributed by atoms with Gasteiger partial charge in [-0.15, -0.1) is 0 Å². The minimum Gasteiger partial charge on any atom is -0.352 e. The lowest BCUT2D eigenvalue weighted by Gasteiger charge is -2.25. The summed E-state index contributed by atoms with van der Waals surface area (Å²) in [5, 5.41) is 3.20. The van der Waals surface area contributed by atoms with Crippen molar-refractivity contribution in [3.8, 4) is 0 Å². The van der Waals surface area contributed by atoms with Gasteiger partial charge >= 0.3 is 0 Å². The molecule has 2 aliphatic carbocycles. The minimum atomic E-state index is 0.140. The van der Waals surface area contributed by atoms with E-state index >= 15 is 0 Å². The Labute approximate surface area is 114 Å². The number of nitrogens with two attached hydrogens (primary N) is 1. The van der Waals surface area contributed by atoms with Gasteiger partial charge in [0.25, 0.3) is 0 Å². The van der Waals surface area contributed by atoms with Crippen molar-refractivity contribution in [2.75, 3.05) is 0 Å². The second kappa shape index (κ2) is 5.33. The van der Waals surface area contributed by atoms with Gasteiger partial charge in [0.15, 0.2) is 0 Å². The van der Waals surface area contributed by atoms with Gasteiger partial charge in [-0.05, 0) is 31.2 Å². The lowest BCUT2D eigenvalue weighted by atomic mass is 9.85. The topological polar surface area (TPSA) is 55.1 Å². The molecule has 1 aromatic rings. The second-order valence-electron chi connectivity index (χ2n) is 5.99. The molecule has 4 atom stereocenters. The molecule has 4 unspecified atom stereocenters. The summed E-state index contributed by atoms with van der Waals surface area (Å²) in [5.74, 6) is 0.877. The van der Waals surface area contributed by atoms with Gasteiger partial charge in [-0.1, -0.05) is 36.8 Å². The number of benzene rings is 1. The minimum absolute atomic E-state index is 0.140. The van der Waals surface area contributed by atoms with Crippen LogP contribution in [0.3, 0.4) is 0 Å². The number of hydrogen-bond acceptors (Lipinski definition) is 2. The molecule has 3 rings (SSSR count). The number of amides is 1. The quantitative estimate of drug-likeness (QED) is 0.873. The zero-order valence-electron chi connectivity index (χ0n) is 11.2. The van der Waals surface area contributed by atoms with Crippen LogP contribution < -0.4 is 11.1 Å². The van der Waals surface area contributed by atoms with Crippen LogP contribution >= 0.6 is 0 Å². The Morgan fingerprint density at radius 3 is 2.68 bits per heavy atom. The monoisotopic (exact) mass is 258 g/mol. The fourth-order valence-corrected chi connectivity index (χ4v) is 3.19. The smallest absolute Gasteiger partial charge is 0.223 e. The van der Waals surface area contributed by atoms with E-state index in [0.29, 0.717) is 12.0 Å². The summed E-state index contributed by atoms with van der Waals surface area (Å²) in [6.45, 7) is 0. The fraction of sp³-hybridized carbons (Fsp3) is 0.562. The highest BCUT2D eigenvalue weighted by Crippen LogP contribution is 2.41.